The Bertz CT molecular complexity index is 307. The first kappa shape index (κ1) is 9.50. The van der Waals surface area contributed by atoms with Gasteiger partial charge in [0.2, 0.25) is 11.8 Å². The van der Waals surface area contributed by atoms with Crippen molar-refractivity contribution in [2.75, 3.05) is 19.0 Å². The number of carbonyl (C=O) groups is 1. The van der Waals surface area contributed by atoms with E-state index in [1.54, 1.807) is 21.0 Å². The monoisotopic (exact) mass is 184 g/mol. The molecule has 6 heteroatoms. The van der Waals surface area contributed by atoms with Crippen LogP contribution < -0.4 is 5.32 Å². The Morgan fingerprint density at radius 1 is 1.62 bits per heavy atom. The Kier molecular flexibility index (Phi) is 2.84. The van der Waals surface area contributed by atoms with E-state index >= 15 is 0 Å². The summed E-state index contributed by atoms with van der Waals surface area (Å²) in [5, 5.41) is 10.2. The first-order valence-electron chi connectivity index (χ1n) is 3.95. The number of aromatic nitrogens is 3. The van der Waals surface area contributed by atoms with Crippen LogP contribution in [0.4, 0.5) is 5.95 Å². The van der Waals surface area contributed by atoms with Gasteiger partial charge in [-0.05, 0) is 6.92 Å². The van der Waals surface area contributed by atoms with Gasteiger partial charge in [0.05, 0.1) is 6.61 Å². The largest absolute Gasteiger partial charge is 0.460 e. The molecule has 0 bridgehead atoms. The first-order chi connectivity index (χ1) is 6.20. The molecule has 1 heterocycles. The molecule has 1 aromatic rings. The van der Waals surface area contributed by atoms with E-state index in [0.29, 0.717) is 12.6 Å². The van der Waals surface area contributed by atoms with Crippen molar-refractivity contribution in [1.29, 1.82) is 0 Å². The predicted octanol–water partition coefficient (Wildman–Crippen LogP) is 0.0335. The van der Waals surface area contributed by atoms with Gasteiger partial charge in [0.25, 0.3) is 0 Å². The summed E-state index contributed by atoms with van der Waals surface area (Å²) in [6.45, 7) is 2.08. The zero-order valence-corrected chi connectivity index (χ0v) is 7.87. The second kappa shape index (κ2) is 3.88. The maximum absolute atomic E-state index is 11.2. The van der Waals surface area contributed by atoms with E-state index in [4.69, 9.17) is 4.74 Å². The fourth-order valence-electron chi connectivity index (χ4n) is 0.920. The van der Waals surface area contributed by atoms with Crippen LogP contribution in [0.5, 0.6) is 0 Å². The number of hydrogen-bond acceptors (Lipinski definition) is 5. The Morgan fingerprint density at radius 2 is 2.31 bits per heavy atom. The van der Waals surface area contributed by atoms with E-state index in [1.165, 1.54) is 4.57 Å². The average Bonchev–Trinajstić information content (AvgIpc) is 2.47. The van der Waals surface area contributed by atoms with Crippen molar-refractivity contribution in [3.8, 4) is 0 Å². The minimum absolute atomic E-state index is 0.200. The summed E-state index contributed by atoms with van der Waals surface area (Å²) >= 11 is 0. The lowest BCUT2D eigenvalue weighted by Gasteiger charge is -2.01. The standard InChI is InChI=1S/C7H12N4O2/c1-4-13-6(12)5-9-10-7(8-2)11(5)3/h4H2,1-3H3,(H,8,10). The smallest absolute Gasteiger partial charge is 0.376 e. The maximum atomic E-state index is 11.2. The molecular weight excluding hydrogens is 172 g/mol. The van der Waals surface area contributed by atoms with Crippen LogP contribution in [-0.2, 0) is 11.8 Å². The van der Waals surface area contributed by atoms with E-state index in [1.807, 2.05) is 0 Å². The molecule has 0 aromatic carbocycles. The van der Waals surface area contributed by atoms with Gasteiger partial charge in [-0.2, -0.15) is 0 Å². The molecule has 72 valence electrons. The topological polar surface area (TPSA) is 69.0 Å². The summed E-state index contributed by atoms with van der Waals surface area (Å²) in [4.78, 5) is 11.2. The highest BCUT2D eigenvalue weighted by Crippen LogP contribution is 2.04. The molecule has 13 heavy (non-hydrogen) atoms. The highest BCUT2D eigenvalue weighted by Gasteiger charge is 2.15. The third-order valence-electron chi connectivity index (χ3n) is 1.56. The van der Waals surface area contributed by atoms with Crippen molar-refractivity contribution < 1.29 is 9.53 Å². The molecule has 0 unspecified atom stereocenters. The molecule has 0 atom stereocenters. The molecular formula is C7H12N4O2. The SMILES string of the molecule is CCOC(=O)c1nnc(NC)n1C. The quantitative estimate of drug-likeness (QED) is 0.671. The molecule has 1 N–H and O–H groups in total. The number of nitrogens with zero attached hydrogens (tertiary/aromatic N) is 3. The highest BCUT2D eigenvalue weighted by molar-refractivity contribution is 5.85. The third kappa shape index (κ3) is 1.77. The van der Waals surface area contributed by atoms with E-state index in [-0.39, 0.29) is 5.82 Å². The maximum Gasteiger partial charge on any atom is 0.376 e. The second-order valence-electron chi connectivity index (χ2n) is 2.38. The van der Waals surface area contributed by atoms with Crippen LogP contribution in [0, 0.1) is 0 Å². The molecule has 0 fully saturated rings. The zero-order valence-electron chi connectivity index (χ0n) is 7.87. The number of rotatable bonds is 3. The normalized spacial score (nSPS) is 9.77. The van der Waals surface area contributed by atoms with Crippen LogP contribution in [0.15, 0.2) is 0 Å². The van der Waals surface area contributed by atoms with Gasteiger partial charge in [-0.3, -0.25) is 4.57 Å². The summed E-state index contributed by atoms with van der Waals surface area (Å²) in [5.41, 5.74) is 0. The minimum atomic E-state index is -0.459. The summed E-state index contributed by atoms with van der Waals surface area (Å²) in [6, 6.07) is 0. The molecule has 0 aliphatic rings. The van der Waals surface area contributed by atoms with Crippen LogP contribution in [0.25, 0.3) is 0 Å². The van der Waals surface area contributed by atoms with Crippen LogP contribution in [0.2, 0.25) is 0 Å². The number of esters is 1. The van der Waals surface area contributed by atoms with Crippen LogP contribution in [-0.4, -0.2) is 34.4 Å². The summed E-state index contributed by atoms with van der Waals surface area (Å²) in [6.07, 6.45) is 0. The van der Waals surface area contributed by atoms with Crippen molar-refractivity contribution in [3.05, 3.63) is 5.82 Å². The average molecular weight is 184 g/mol. The van der Waals surface area contributed by atoms with Crippen molar-refractivity contribution in [3.63, 3.8) is 0 Å². The Morgan fingerprint density at radius 3 is 2.77 bits per heavy atom. The lowest BCUT2D eigenvalue weighted by Crippen LogP contribution is -2.12. The lowest BCUT2D eigenvalue weighted by atomic mass is 10.6. The van der Waals surface area contributed by atoms with Gasteiger partial charge < -0.3 is 10.1 Å². The Hall–Kier alpha value is -1.59. The van der Waals surface area contributed by atoms with Crippen molar-refractivity contribution in [2.45, 2.75) is 6.92 Å². The summed E-state index contributed by atoms with van der Waals surface area (Å²) in [5.74, 6) is 0.272. The molecule has 0 aliphatic heterocycles. The van der Waals surface area contributed by atoms with Gasteiger partial charge in [-0.15, -0.1) is 10.2 Å². The van der Waals surface area contributed by atoms with Crippen LogP contribution in [0.1, 0.15) is 17.5 Å². The van der Waals surface area contributed by atoms with Gasteiger partial charge in [0, 0.05) is 14.1 Å². The molecule has 1 rings (SSSR count). The molecule has 0 aliphatic carbocycles. The number of ether oxygens (including phenoxy) is 1. The van der Waals surface area contributed by atoms with E-state index in [2.05, 4.69) is 15.5 Å². The minimum Gasteiger partial charge on any atom is -0.460 e. The molecule has 0 saturated carbocycles. The Labute approximate surface area is 75.9 Å². The predicted molar refractivity (Wildman–Crippen MR) is 46.5 cm³/mol. The van der Waals surface area contributed by atoms with Gasteiger partial charge in [0.15, 0.2) is 0 Å². The van der Waals surface area contributed by atoms with Gasteiger partial charge in [0.1, 0.15) is 0 Å². The number of hydrogen-bond donors (Lipinski definition) is 1. The molecule has 0 radical (unpaired) electrons. The molecule has 6 nitrogen and oxygen atoms in total. The first-order valence-corrected chi connectivity index (χ1v) is 3.95. The van der Waals surface area contributed by atoms with Crippen LogP contribution >= 0.6 is 0 Å². The summed E-state index contributed by atoms with van der Waals surface area (Å²) < 4.78 is 6.32. The fraction of sp³-hybridized carbons (Fsp3) is 0.571. The number of carbonyl (C=O) groups excluding carboxylic acids is 1. The van der Waals surface area contributed by atoms with E-state index in [0.717, 1.165) is 0 Å². The van der Waals surface area contributed by atoms with Gasteiger partial charge >= 0.3 is 5.97 Å². The molecule has 0 spiro atoms. The lowest BCUT2D eigenvalue weighted by molar-refractivity contribution is 0.0507. The van der Waals surface area contributed by atoms with Gasteiger partial charge in [-0.1, -0.05) is 0 Å². The Balaban J connectivity index is 2.89. The summed E-state index contributed by atoms with van der Waals surface area (Å²) in [7, 11) is 3.40. The van der Waals surface area contributed by atoms with Crippen molar-refractivity contribution >= 4 is 11.9 Å². The number of anilines is 1. The van der Waals surface area contributed by atoms with E-state index in [9.17, 15) is 4.79 Å². The molecule has 0 amide bonds. The number of nitrogens with one attached hydrogen (secondary N) is 1. The zero-order chi connectivity index (χ0) is 9.84. The van der Waals surface area contributed by atoms with Crippen molar-refractivity contribution in [2.24, 2.45) is 7.05 Å². The third-order valence-corrected chi connectivity index (χ3v) is 1.56. The molecule has 0 saturated heterocycles. The van der Waals surface area contributed by atoms with E-state index < -0.39 is 5.97 Å². The van der Waals surface area contributed by atoms with Crippen LogP contribution in [0.3, 0.4) is 0 Å². The van der Waals surface area contributed by atoms with Gasteiger partial charge in [-0.25, -0.2) is 4.79 Å². The van der Waals surface area contributed by atoms with Crippen molar-refractivity contribution in [1.82, 2.24) is 14.8 Å². The highest BCUT2D eigenvalue weighted by atomic mass is 16.5. The second-order valence-corrected chi connectivity index (χ2v) is 2.38. The fourth-order valence-corrected chi connectivity index (χ4v) is 0.920. The molecule has 1 aromatic heterocycles.